The lowest BCUT2D eigenvalue weighted by molar-refractivity contribution is -0.147. The van der Waals surface area contributed by atoms with Gasteiger partial charge in [-0.1, -0.05) is 148 Å². The summed E-state index contributed by atoms with van der Waals surface area (Å²) in [6.45, 7) is 7.35. The lowest BCUT2D eigenvalue weighted by Gasteiger charge is -2.22. The predicted molar refractivity (Wildman–Crippen MR) is 208 cm³/mol. The van der Waals surface area contributed by atoms with E-state index in [4.69, 9.17) is 9.47 Å². The van der Waals surface area contributed by atoms with E-state index in [9.17, 15) is 14.4 Å². The number of esters is 2. The van der Waals surface area contributed by atoms with E-state index in [1.807, 2.05) is 6.92 Å². The van der Waals surface area contributed by atoms with Crippen molar-refractivity contribution in [2.24, 2.45) is 0 Å². The SMILES string of the molecule is CCCCCCCCC=CCCCCCCCC(=O)OCCN(CCOC(=O)CCCCCCCC=CCCCCCCCC)C(=O)CC. The summed E-state index contributed by atoms with van der Waals surface area (Å²) in [6.07, 6.45) is 42.4. The summed E-state index contributed by atoms with van der Waals surface area (Å²) in [5.41, 5.74) is 0. The topological polar surface area (TPSA) is 72.9 Å². The Morgan fingerprint density at radius 2 is 0.735 bits per heavy atom. The van der Waals surface area contributed by atoms with Crippen LogP contribution in [0.4, 0.5) is 0 Å². The van der Waals surface area contributed by atoms with Crippen LogP contribution in [0.1, 0.15) is 207 Å². The second kappa shape index (κ2) is 38.7. The van der Waals surface area contributed by atoms with E-state index in [2.05, 4.69) is 38.2 Å². The van der Waals surface area contributed by atoms with E-state index in [1.165, 1.54) is 116 Å². The molecule has 49 heavy (non-hydrogen) atoms. The number of carbonyl (C=O) groups is 3. The van der Waals surface area contributed by atoms with Crippen molar-refractivity contribution < 1.29 is 23.9 Å². The van der Waals surface area contributed by atoms with Crippen molar-refractivity contribution in [3.05, 3.63) is 24.3 Å². The molecule has 0 N–H and O–H groups in total. The molecule has 0 unspecified atom stereocenters. The number of ether oxygens (including phenoxy) is 2. The summed E-state index contributed by atoms with van der Waals surface area (Å²) in [4.78, 5) is 38.3. The molecular weight excluding hydrogens is 610 g/mol. The molecule has 0 saturated carbocycles. The van der Waals surface area contributed by atoms with E-state index in [0.29, 0.717) is 32.4 Å². The van der Waals surface area contributed by atoms with Crippen LogP contribution >= 0.6 is 0 Å². The van der Waals surface area contributed by atoms with Crippen molar-refractivity contribution in [3.8, 4) is 0 Å². The number of carbonyl (C=O) groups excluding carboxylic acids is 3. The molecule has 0 fully saturated rings. The summed E-state index contributed by atoms with van der Waals surface area (Å²) >= 11 is 0. The molecule has 0 aromatic heterocycles. The van der Waals surface area contributed by atoms with Crippen molar-refractivity contribution in [2.75, 3.05) is 26.3 Å². The zero-order chi connectivity index (χ0) is 35.9. The van der Waals surface area contributed by atoms with E-state index < -0.39 is 0 Å². The number of hydrogen-bond acceptors (Lipinski definition) is 5. The van der Waals surface area contributed by atoms with Gasteiger partial charge < -0.3 is 14.4 Å². The second-order valence-corrected chi connectivity index (χ2v) is 13.8. The van der Waals surface area contributed by atoms with Crippen LogP contribution in [-0.2, 0) is 23.9 Å². The molecule has 6 nitrogen and oxygen atoms in total. The maximum atomic E-state index is 12.4. The van der Waals surface area contributed by atoms with Gasteiger partial charge in [-0.3, -0.25) is 14.4 Å². The average molecular weight is 690 g/mol. The van der Waals surface area contributed by atoms with Gasteiger partial charge in [0.1, 0.15) is 13.2 Å². The Morgan fingerprint density at radius 3 is 1.06 bits per heavy atom. The maximum absolute atomic E-state index is 12.4. The first-order chi connectivity index (χ1) is 24.0. The first-order valence-corrected chi connectivity index (χ1v) is 20.9. The van der Waals surface area contributed by atoms with Crippen LogP contribution in [0.25, 0.3) is 0 Å². The molecule has 0 aromatic carbocycles. The van der Waals surface area contributed by atoms with Gasteiger partial charge in [0.2, 0.25) is 5.91 Å². The highest BCUT2D eigenvalue weighted by Gasteiger charge is 2.14. The fraction of sp³-hybridized carbons (Fsp3) is 0.837. The van der Waals surface area contributed by atoms with Crippen LogP contribution in [0.2, 0.25) is 0 Å². The van der Waals surface area contributed by atoms with Gasteiger partial charge in [0, 0.05) is 19.3 Å². The second-order valence-electron chi connectivity index (χ2n) is 13.8. The molecule has 286 valence electrons. The number of allylic oxidation sites excluding steroid dienone is 4. The van der Waals surface area contributed by atoms with Crippen molar-refractivity contribution in [1.29, 1.82) is 0 Å². The molecule has 0 aromatic rings. The van der Waals surface area contributed by atoms with E-state index in [1.54, 1.807) is 4.90 Å². The third kappa shape index (κ3) is 35.5. The highest BCUT2D eigenvalue weighted by Crippen LogP contribution is 2.12. The molecule has 0 spiro atoms. The van der Waals surface area contributed by atoms with Gasteiger partial charge in [0.05, 0.1) is 13.1 Å². The van der Waals surface area contributed by atoms with Crippen LogP contribution in [0, 0.1) is 0 Å². The van der Waals surface area contributed by atoms with Gasteiger partial charge in [0.15, 0.2) is 0 Å². The summed E-state index contributed by atoms with van der Waals surface area (Å²) in [7, 11) is 0. The smallest absolute Gasteiger partial charge is 0.305 e. The molecule has 0 aliphatic carbocycles. The van der Waals surface area contributed by atoms with Gasteiger partial charge in [-0.05, 0) is 64.2 Å². The molecule has 0 radical (unpaired) electrons. The van der Waals surface area contributed by atoms with Crippen molar-refractivity contribution in [3.63, 3.8) is 0 Å². The maximum Gasteiger partial charge on any atom is 0.305 e. The Hall–Kier alpha value is -2.11. The van der Waals surface area contributed by atoms with E-state index in [-0.39, 0.29) is 31.1 Å². The lowest BCUT2D eigenvalue weighted by Crippen LogP contribution is -2.37. The zero-order valence-corrected chi connectivity index (χ0v) is 32.6. The molecule has 0 bridgehead atoms. The molecule has 0 heterocycles. The molecule has 0 aliphatic heterocycles. The zero-order valence-electron chi connectivity index (χ0n) is 32.6. The van der Waals surface area contributed by atoms with Crippen molar-refractivity contribution in [1.82, 2.24) is 4.90 Å². The lowest BCUT2D eigenvalue weighted by atomic mass is 10.1. The summed E-state index contributed by atoms with van der Waals surface area (Å²) in [6, 6.07) is 0. The molecule has 0 rings (SSSR count). The summed E-state index contributed by atoms with van der Waals surface area (Å²) in [5, 5.41) is 0. The van der Waals surface area contributed by atoms with Crippen LogP contribution < -0.4 is 0 Å². The molecular formula is C43H79NO5. The summed E-state index contributed by atoms with van der Waals surface area (Å²) in [5.74, 6) is -0.428. The number of unbranched alkanes of at least 4 members (excludes halogenated alkanes) is 22. The van der Waals surface area contributed by atoms with Crippen LogP contribution in [0.3, 0.4) is 0 Å². The Morgan fingerprint density at radius 1 is 0.429 bits per heavy atom. The number of nitrogens with zero attached hydrogens (tertiary/aromatic N) is 1. The van der Waals surface area contributed by atoms with Gasteiger partial charge >= 0.3 is 11.9 Å². The molecule has 1 amide bonds. The van der Waals surface area contributed by atoms with Crippen molar-refractivity contribution in [2.45, 2.75) is 207 Å². The fourth-order valence-electron chi connectivity index (χ4n) is 5.95. The molecule has 0 atom stereocenters. The van der Waals surface area contributed by atoms with Gasteiger partial charge in [0.25, 0.3) is 0 Å². The van der Waals surface area contributed by atoms with E-state index >= 15 is 0 Å². The minimum absolute atomic E-state index is 0.0263. The van der Waals surface area contributed by atoms with Gasteiger partial charge in [-0.25, -0.2) is 0 Å². The molecule has 0 saturated heterocycles. The Labute approximate surface area is 303 Å². The van der Waals surface area contributed by atoms with Crippen molar-refractivity contribution >= 4 is 17.8 Å². The van der Waals surface area contributed by atoms with Gasteiger partial charge in [-0.15, -0.1) is 0 Å². The Bertz CT molecular complexity index is 750. The predicted octanol–water partition coefficient (Wildman–Crippen LogP) is 12.4. The molecule has 6 heteroatoms. The van der Waals surface area contributed by atoms with Crippen LogP contribution in [0.15, 0.2) is 24.3 Å². The van der Waals surface area contributed by atoms with Crippen LogP contribution in [0.5, 0.6) is 0 Å². The van der Waals surface area contributed by atoms with E-state index in [0.717, 1.165) is 51.4 Å². The first-order valence-electron chi connectivity index (χ1n) is 20.9. The van der Waals surface area contributed by atoms with Gasteiger partial charge in [-0.2, -0.15) is 0 Å². The minimum atomic E-state index is -0.201. The number of amides is 1. The number of hydrogen-bond donors (Lipinski definition) is 0. The quantitative estimate of drug-likeness (QED) is 0.0369. The minimum Gasteiger partial charge on any atom is -0.464 e. The molecule has 0 aliphatic rings. The normalized spacial score (nSPS) is 11.5. The third-order valence-electron chi connectivity index (χ3n) is 9.19. The highest BCUT2D eigenvalue weighted by atomic mass is 16.5. The Kier molecular flexibility index (Phi) is 37.0. The monoisotopic (exact) mass is 690 g/mol. The summed E-state index contributed by atoms with van der Waals surface area (Å²) < 4.78 is 10.8. The fourth-order valence-corrected chi connectivity index (χ4v) is 5.95. The highest BCUT2D eigenvalue weighted by molar-refractivity contribution is 5.76. The standard InChI is InChI=1S/C43H79NO5/c1-4-7-9-11-13-15-17-19-21-23-25-27-29-31-33-35-42(46)48-39-37-44(41(45)6-3)38-40-49-43(47)36-34-32-30-28-26-24-22-20-18-16-14-12-10-8-5-2/h19-22H,4-18,23-40H2,1-3H3. The van der Waals surface area contributed by atoms with Crippen LogP contribution in [-0.4, -0.2) is 49.0 Å². The Balaban J connectivity index is 3.75. The average Bonchev–Trinajstić information content (AvgIpc) is 3.10. The third-order valence-corrected chi connectivity index (χ3v) is 9.19. The number of rotatable bonds is 37. The first kappa shape index (κ1) is 46.9. The largest absolute Gasteiger partial charge is 0.464 e.